The van der Waals surface area contributed by atoms with Crippen LogP contribution >= 0.6 is 15.9 Å². The first-order valence-corrected chi connectivity index (χ1v) is 15.0. The minimum atomic E-state index is -4.79. The van der Waals surface area contributed by atoms with Crippen LogP contribution in [-0.4, -0.2) is 36.9 Å². The molecule has 8 nitrogen and oxygen atoms in total. The standard InChI is InChI=1S/C21H19F3O5.C14H8BrF3O3/c1-20(2,3)29-19(26)12-7-14-5-4-6-18(17(14)13-25)27-15-8-10-16(11-9-15)28-21(22,23)24;15-12-2-1-3-13(11(12)8-19)20-9-4-6-10(7-5-9)21-14(16,17)18/h4-13H,1-3H3;1-8H/b12-7+;. The molecule has 0 spiro atoms. The molecule has 0 N–H and O–H groups in total. The Hall–Kier alpha value is -5.31. The number of rotatable bonds is 10. The van der Waals surface area contributed by atoms with Gasteiger partial charge in [-0.2, -0.15) is 0 Å². The molecular weight excluding hydrogens is 742 g/mol. The van der Waals surface area contributed by atoms with Gasteiger partial charge in [-0.05, 0) is 115 Å². The topological polar surface area (TPSA) is 97.4 Å². The van der Waals surface area contributed by atoms with E-state index in [-0.39, 0.29) is 28.6 Å². The summed E-state index contributed by atoms with van der Waals surface area (Å²) in [5.41, 5.74) is 0.249. The minimum Gasteiger partial charge on any atom is -0.457 e. The van der Waals surface area contributed by atoms with Crippen molar-refractivity contribution in [3.63, 3.8) is 0 Å². The Morgan fingerprint density at radius 1 is 0.620 bits per heavy atom. The van der Waals surface area contributed by atoms with Gasteiger partial charge in [-0.1, -0.05) is 18.2 Å². The molecule has 0 heterocycles. The summed E-state index contributed by atoms with van der Waals surface area (Å²) in [7, 11) is 0. The van der Waals surface area contributed by atoms with Gasteiger partial charge < -0.3 is 23.7 Å². The molecule has 4 aromatic carbocycles. The predicted molar refractivity (Wildman–Crippen MR) is 173 cm³/mol. The maximum Gasteiger partial charge on any atom is 0.573 e. The number of alkyl halides is 6. The molecule has 15 heteroatoms. The van der Waals surface area contributed by atoms with Crippen molar-refractivity contribution in [2.75, 3.05) is 0 Å². The molecule has 0 unspecified atom stereocenters. The third-order valence-corrected chi connectivity index (χ3v) is 6.42. The molecular formula is C35H27BrF6O8. The van der Waals surface area contributed by atoms with Crippen molar-refractivity contribution < 1.29 is 64.4 Å². The molecule has 264 valence electrons. The van der Waals surface area contributed by atoms with Crippen LogP contribution in [-0.2, 0) is 9.53 Å². The van der Waals surface area contributed by atoms with E-state index < -0.39 is 30.0 Å². The van der Waals surface area contributed by atoms with Crippen molar-refractivity contribution in [2.24, 2.45) is 0 Å². The van der Waals surface area contributed by atoms with Gasteiger partial charge in [-0.3, -0.25) is 9.59 Å². The summed E-state index contributed by atoms with van der Waals surface area (Å²) < 4.78 is 97.1. The fourth-order valence-corrected chi connectivity index (χ4v) is 4.25. The summed E-state index contributed by atoms with van der Waals surface area (Å²) in [5.74, 6) is -0.351. The molecule has 0 amide bonds. The first-order valence-electron chi connectivity index (χ1n) is 14.2. The largest absolute Gasteiger partial charge is 0.573 e. The SMILES string of the molecule is CC(C)(C)OC(=O)/C=C/c1cccc(Oc2ccc(OC(F)(F)F)cc2)c1C=O.O=Cc1c(Br)cccc1Oc1ccc(OC(F)(F)F)cc1. The minimum absolute atomic E-state index is 0.169. The van der Waals surface area contributed by atoms with Crippen LogP contribution in [0.3, 0.4) is 0 Å². The second-order valence-electron chi connectivity index (χ2n) is 10.8. The molecule has 0 saturated heterocycles. The predicted octanol–water partition coefficient (Wildman–Crippen LogP) is 10.5. The number of carbonyl (C=O) groups excluding carboxylic acids is 3. The van der Waals surface area contributed by atoms with Gasteiger partial charge in [0, 0.05) is 10.5 Å². The smallest absolute Gasteiger partial charge is 0.457 e. The molecule has 4 aromatic rings. The van der Waals surface area contributed by atoms with E-state index in [1.54, 1.807) is 51.1 Å². The molecule has 0 aliphatic heterocycles. The van der Waals surface area contributed by atoms with Gasteiger partial charge in [-0.25, -0.2) is 4.79 Å². The lowest BCUT2D eigenvalue weighted by molar-refractivity contribution is -0.275. The van der Waals surface area contributed by atoms with Crippen LogP contribution in [0.1, 0.15) is 47.1 Å². The number of hydrogen-bond donors (Lipinski definition) is 0. The van der Waals surface area contributed by atoms with E-state index in [2.05, 4.69) is 25.4 Å². The number of benzene rings is 4. The van der Waals surface area contributed by atoms with E-state index >= 15 is 0 Å². The third kappa shape index (κ3) is 13.3. The van der Waals surface area contributed by atoms with Crippen LogP contribution in [0.5, 0.6) is 34.5 Å². The lowest BCUT2D eigenvalue weighted by Crippen LogP contribution is -2.22. The summed E-state index contributed by atoms with van der Waals surface area (Å²) in [4.78, 5) is 34.4. The van der Waals surface area contributed by atoms with Crippen LogP contribution in [0.4, 0.5) is 26.3 Å². The molecule has 50 heavy (non-hydrogen) atoms. The number of aldehydes is 2. The lowest BCUT2D eigenvalue weighted by Gasteiger charge is -2.18. The zero-order chi connectivity index (χ0) is 37.1. The van der Waals surface area contributed by atoms with Crippen LogP contribution in [0.15, 0.2) is 95.5 Å². The van der Waals surface area contributed by atoms with Crippen molar-refractivity contribution in [1.82, 2.24) is 0 Å². The molecule has 0 aliphatic rings. The summed E-state index contributed by atoms with van der Waals surface area (Å²) in [5, 5.41) is 0. The van der Waals surface area contributed by atoms with Crippen LogP contribution in [0, 0.1) is 0 Å². The highest BCUT2D eigenvalue weighted by Gasteiger charge is 2.31. The van der Waals surface area contributed by atoms with Crippen LogP contribution in [0.25, 0.3) is 6.08 Å². The Bertz CT molecular complexity index is 1800. The highest BCUT2D eigenvalue weighted by Crippen LogP contribution is 2.32. The maximum atomic E-state index is 12.2. The number of esters is 1. The van der Waals surface area contributed by atoms with Gasteiger partial charge in [0.25, 0.3) is 0 Å². The Morgan fingerprint density at radius 3 is 1.46 bits per heavy atom. The maximum absolute atomic E-state index is 12.2. The Labute approximate surface area is 290 Å². The van der Waals surface area contributed by atoms with Crippen molar-refractivity contribution in [3.8, 4) is 34.5 Å². The van der Waals surface area contributed by atoms with Gasteiger partial charge in [-0.15, -0.1) is 26.3 Å². The molecule has 4 rings (SSSR count). The van der Waals surface area contributed by atoms with E-state index in [0.717, 1.165) is 24.3 Å². The summed E-state index contributed by atoms with van der Waals surface area (Å²) in [6, 6.07) is 19.3. The second-order valence-corrected chi connectivity index (χ2v) is 11.6. The van der Waals surface area contributed by atoms with Crippen molar-refractivity contribution in [1.29, 1.82) is 0 Å². The highest BCUT2D eigenvalue weighted by molar-refractivity contribution is 9.10. The Morgan fingerprint density at radius 2 is 1.04 bits per heavy atom. The molecule has 0 radical (unpaired) electrons. The van der Waals surface area contributed by atoms with Crippen molar-refractivity contribution in [3.05, 3.63) is 112 Å². The third-order valence-electron chi connectivity index (χ3n) is 5.72. The summed E-state index contributed by atoms with van der Waals surface area (Å²) >= 11 is 3.21. The van der Waals surface area contributed by atoms with E-state index in [1.165, 1.54) is 42.5 Å². The van der Waals surface area contributed by atoms with E-state index in [1.807, 2.05) is 0 Å². The normalized spacial score (nSPS) is 11.6. The number of halogens is 7. The van der Waals surface area contributed by atoms with E-state index in [9.17, 15) is 40.7 Å². The number of ether oxygens (including phenoxy) is 5. The van der Waals surface area contributed by atoms with Crippen LogP contribution in [0.2, 0.25) is 0 Å². The van der Waals surface area contributed by atoms with Gasteiger partial charge >= 0.3 is 18.7 Å². The van der Waals surface area contributed by atoms with Crippen molar-refractivity contribution in [2.45, 2.75) is 39.1 Å². The number of hydrogen-bond acceptors (Lipinski definition) is 8. The quantitative estimate of drug-likeness (QED) is 0.0681. The van der Waals surface area contributed by atoms with Gasteiger partial charge in [0.05, 0.1) is 11.1 Å². The molecule has 0 atom stereocenters. The Balaban J connectivity index is 0.000000284. The average Bonchev–Trinajstić information content (AvgIpc) is 3.00. The highest BCUT2D eigenvalue weighted by atomic mass is 79.9. The zero-order valence-electron chi connectivity index (χ0n) is 26.3. The van der Waals surface area contributed by atoms with Gasteiger partial charge in [0.2, 0.25) is 0 Å². The lowest BCUT2D eigenvalue weighted by atomic mass is 10.1. The first kappa shape index (κ1) is 39.1. The zero-order valence-corrected chi connectivity index (χ0v) is 27.9. The number of carbonyl (C=O) groups is 3. The summed E-state index contributed by atoms with van der Waals surface area (Å²) in [6.07, 6.45) is -5.73. The van der Waals surface area contributed by atoms with E-state index in [4.69, 9.17) is 14.2 Å². The van der Waals surface area contributed by atoms with Gasteiger partial charge in [0.15, 0.2) is 12.6 Å². The van der Waals surface area contributed by atoms with Gasteiger partial charge in [0.1, 0.15) is 40.1 Å². The monoisotopic (exact) mass is 768 g/mol. The average molecular weight is 769 g/mol. The summed E-state index contributed by atoms with van der Waals surface area (Å²) in [6.45, 7) is 5.19. The molecule has 0 bridgehead atoms. The van der Waals surface area contributed by atoms with Crippen LogP contribution < -0.4 is 18.9 Å². The van der Waals surface area contributed by atoms with Crippen molar-refractivity contribution >= 4 is 40.5 Å². The molecule has 0 fully saturated rings. The van der Waals surface area contributed by atoms with E-state index in [0.29, 0.717) is 33.9 Å². The molecule has 0 aromatic heterocycles. The second kappa shape index (κ2) is 16.9. The fraction of sp³-hybridized carbons (Fsp3) is 0.171. The fourth-order valence-electron chi connectivity index (χ4n) is 3.81. The molecule has 0 aliphatic carbocycles. The molecule has 0 saturated carbocycles. The Kier molecular flexibility index (Phi) is 13.2. The first-order chi connectivity index (χ1) is 23.4.